The summed E-state index contributed by atoms with van der Waals surface area (Å²) >= 11 is 5.89. The number of hydrogen-bond donors (Lipinski definition) is 1. The molecule has 0 spiro atoms. The summed E-state index contributed by atoms with van der Waals surface area (Å²) < 4.78 is 0. The van der Waals surface area contributed by atoms with E-state index in [0.29, 0.717) is 0 Å². The number of aliphatic hydroxyl groups is 1. The molecule has 1 unspecified atom stereocenters. The van der Waals surface area contributed by atoms with Crippen LogP contribution in [0.25, 0.3) is 0 Å². The first-order valence-corrected chi connectivity index (χ1v) is 6.04. The molecule has 0 aliphatic heterocycles. The van der Waals surface area contributed by atoms with Crippen LogP contribution in [-0.2, 0) is 6.42 Å². The van der Waals surface area contributed by atoms with E-state index in [1.54, 1.807) is 0 Å². The quantitative estimate of drug-likeness (QED) is 0.831. The lowest BCUT2D eigenvalue weighted by atomic mass is 9.80. The first kappa shape index (κ1) is 11.0. The van der Waals surface area contributed by atoms with Crippen LogP contribution in [0.3, 0.4) is 0 Å². The van der Waals surface area contributed by atoms with Gasteiger partial charge < -0.3 is 5.11 Å². The summed E-state index contributed by atoms with van der Waals surface area (Å²) in [5, 5.41) is 10.6. The van der Waals surface area contributed by atoms with Gasteiger partial charge in [0.15, 0.2) is 0 Å². The van der Waals surface area contributed by atoms with Gasteiger partial charge in [0.2, 0.25) is 0 Å². The van der Waals surface area contributed by atoms with Crippen molar-refractivity contribution in [2.24, 2.45) is 5.92 Å². The molecular weight excluding hydrogens is 208 g/mol. The van der Waals surface area contributed by atoms with Crippen LogP contribution in [0.4, 0.5) is 0 Å². The Labute approximate surface area is 96.1 Å². The van der Waals surface area contributed by atoms with Crippen LogP contribution in [0.1, 0.15) is 31.2 Å². The van der Waals surface area contributed by atoms with E-state index in [-0.39, 0.29) is 6.10 Å². The molecule has 1 atom stereocenters. The summed E-state index contributed by atoms with van der Waals surface area (Å²) in [4.78, 5) is 0. The van der Waals surface area contributed by atoms with Crippen LogP contribution in [-0.4, -0.2) is 11.2 Å². The minimum absolute atomic E-state index is 0.200. The molecule has 0 aromatic heterocycles. The van der Waals surface area contributed by atoms with Gasteiger partial charge in [-0.3, -0.25) is 0 Å². The fourth-order valence-electron chi connectivity index (χ4n) is 2.13. The van der Waals surface area contributed by atoms with Gasteiger partial charge in [-0.2, -0.15) is 0 Å². The highest BCUT2D eigenvalue weighted by Gasteiger charge is 2.20. The van der Waals surface area contributed by atoms with E-state index < -0.39 is 0 Å². The van der Waals surface area contributed by atoms with Crippen LogP contribution in [0.5, 0.6) is 0 Å². The second-order valence-corrected chi connectivity index (χ2v) is 4.96. The lowest BCUT2D eigenvalue weighted by molar-refractivity contribution is 0.118. The Morgan fingerprint density at radius 2 is 2.20 bits per heavy atom. The van der Waals surface area contributed by atoms with Gasteiger partial charge in [-0.1, -0.05) is 43.0 Å². The zero-order chi connectivity index (χ0) is 10.7. The Morgan fingerprint density at radius 3 is 2.80 bits per heavy atom. The fourth-order valence-corrected chi connectivity index (χ4v) is 2.35. The van der Waals surface area contributed by atoms with E-state index in [4.69, 9.17) is 11.6 Å². The monoisotopic (exact) mass is 224 g/mol. The molecular formula is C13H17ClO. The van der Waals surface area contributed by atoms with Crippen LogP contribution >= 0.6 is 11.6 Å². The van der Waals surface area contributed by atoms with Crippen LogP contribution < -0.4 is 0 Å². The van der Waals surface area contributed by atoms with Crippen molar-refractivity contribution in [2.45, 2.75) is 38.2 Å². The molecule has 1 aromatic rings. The van der Waals surface area contributed by atoms with Crippen molar-refractivity contribution in [3.8, 4) is 0 Å². The van der Waals surface area contributed by atoms with Crippen molar-refractivity contribution in [1.29, 1.82) is 0 Å². The molecule has 1 aliphatic rings. The maximum atomic E-state index is 9.89. The lowest BCUT2D eigenvalue weighted by Gasteiger charge is -2.27. The smallest absolute Gasteiger partial charge is 0.0583 e. The van der Waals surface area contributed by atoms with Crippen molar-refractivity contribution < 1.29 is 5.11 Å². The molecule has 15 heavy (non-hydrogen) atoms. The second kappa shape index (κ2) is 5.00. The number of halogens is 1. The van der Waals surface area contributed by atoms with Crippen LogP contribution in [0.2, 0.25) is 5.02 Å². The van der Waals surface area contributed by atoms with Crippen molar-refractivity contribution in [3.63, 3.8) is 0 Å². The molecule has 0 amide bonds. The van der Waals surface area contributed by atoms with E-state index >= 15 is 0 Å². The highest BCUT2D eigenvalue weighted by atomic mass is 35.5. The minimum Gasteiger partial charge on any atom is -0.393 e. The lowest BCUT2D eigenvalue weighted by Crippen LogP contribution is -2.20. The van der Waals surface area contributed by atoms with E-state index in [2.05, 4.69) is 0 Å². The van der Waals surface area contributed by atoms with Crippen molar-refractivity contribution in [3.05, 3.63) is 34.9 Å². The first-order chi connectivity index (χ1) is 7.24. The average Bonchev–Trinajstić information content (AvgIpc) is 2.11. The van der Waals surface area contributed by atoms with Crippen LogP contribution in [0, 0.1) is 5.92 Å². The van der Waals surface area contributed by atoms with Crippen molar-refractivity contribution in [2.75, 3.05) is 0 Å². The third-order valence-electron chi connectivity index (χ3n) is 3.19. The summed E-state index contributed by atoms with van der Waals surface area (Å²) in [6.45, 7) is 0. The van der Waals surface area contributed by atoms with Gasteiger partial charge in [-0.05, 0) is 36.5 Å². The number of hydrogen-bond acceptors (Lipinski definition) is 1. The zero-order valence-corrected chi connectivity index (χ0v) is 9.58. The molecule has 0 heterocycles. The zero-order valence-electron chi connectivity index (χ0n) is 8.82. The number of aliphatic hydroxyl groups excluding tert-OH is 1. The molecule has 1 saturated carbocycles. The molecule has 1 nitrogen and oxygen atoms in total. The molecule has 1 aromatic carbocycles. The summed E-state index contributed by atoms with van der Waals surface area (Å²) in [6.07, 6.45) is 5.42. The van der Waals surface area contributed by atoms with E-state index in [1.165, 1.54) is 19.3 Å². The number of benzene rings is 1. The van der Waals surface area contributed by atoms with Gasteiger partial charge in [-0.25, -0.2) is 0 Å². The Balaban J connectivity index is 1.84. The SMILES string of the molecule is OC(Cc1cccc(Cl)c1)CC1CCC1. The summed E-state index contributed by atoms with van der Waals surface area (Å²) in [5.74, 6) is 0.763. The highest BCUT2D eigenvalue weighted by molar-refractivity contribution is 6.30. The Bertz CT molecular complexity index is 320. The largest absolute Gasteiger partial charge is 0.393 e. The molecule has 2 rings (SSSR count). The van der Waals surface area contributed by atoms with Gasteiger partial charge >= 0.3 is 0 Å². The maximum absolute atomic E-state index is 9.89. The summed E-state index contributed by atoms with van der Waals surface area (Å²) in [5.41, 5.74) is 1.13. The molecule has 1 aliphatic carbocycles. The Hall–Kier alpha value is -0.530. The van der Waals surface area contributed by atoms with Gasteiger partial charge in [0.25, 0.3) is 0 Å². The Morgan fingerprint density at radius 1 is 1.40 bits per heavy atom. The van der Waals surface area contributed by atoms with E-state index in [0.717, 1.165) is 29.3 Å². The predicted molar refractivity (Wildman–Crippen MR) is 63.1 cm³/mol. The van der Waals surface area contributed by atoms with E-state index in [9.17, 15) is 5.11 Å². The third kappa shape index (κ3) is 3.22. The van der Waals surface area contributed by atoms with Crippen molar-refractivity contribution >= 4 is 11.6 Å². The molecule has 1 fully saturated rings. The molecule has 82 valence electrons. The topological polar surface area (TPSA) is 20.2 Å². The molecule has 0 saturated heterocycles. The molecule has 1 N–H and O–H groups in total. The van der Waals surface area contributed by atoms with Gasteiger partial charge in [0, 0.05) is 5.02 Å². The predicted octanol–water partition coefficient (Wildman–Crippen LogP) is 3.43. The van der Waals surface area contributed by atoms with Crippen LogP contribution in [0.15, 0.2) is 24.3 Å². The summed E-state index contributed by atoms with van der Waals surface area (Å²) in [6, 6.07) is 7.76. The standard InChI is InChI=1S/C13H17ClO/c14-12-6-2-5-11(7-12)9-13(15)8-10-3-1-4-10/h2,5-7,10,13,15H,1,3-4,8-9H2. The molecule has 0 radical (unpaired) electrons. The van der Waals surface area contributed by atoms with Crippen molar-refractivity contribution in [1.82, 2.24) is 0 Å². The second-order valence-electron chi connectivity index (χ2n) is 4.52. The minimum atomic E-state index is -0.200. The van der Waals surface area contributed by atoms with E-state index in [1.807, 2.05) is 24.3 Å². The highest BCUT2D eigenvalue weighted by Crippen LogP contribution is 2.31. The average molecular weight is 225 g/mol. The maximum Gasteiger partial charge on any atom is 0.0583 e. The number of rotatable bonds is 4. The normalized spacial score (nSPS) is 18.5. The first-order valence-electron chi connectivity index (χ1n) is 5.66. The third-order valence-corrected chi connectivity index (χ3v) is 3.43. The fraction of sp³-hybridized carbons (Fsp3) is 0.538. The van der Waals surface area contributed by atoms with Gasteiger partial charge in [-0.15, -0.1) is 0 Å². The summed E-state index contributed by atoms with van der Waals surface area (Å²) in [7, 11) is 0. The Kier molecular flexibility index (Phi) is 3.66. The van der Waals surface area contributed by atoms with Gasteiger partial charge in [0.1, 0.15) is 0 Å². The molecule has 2 heteroatoms. The van der Waals surface area contributed by atoms with Gasteiger partial charge in [0.05, 0.1) is 6.10 Å². The molecule has 0 bridgehead atoms.